The lowest BCUT2D eigenvalue weighted by Gasteiger charge is -2.42. The molecule has 2 fully saturated rings. The van der Waals surface area contributed by atoms with Crippen molar-refractivity contribution in [2.75, 3.05) is 12.3 Å². The van der Waals surface area contributed by atoms with Gasteiger partial charge in [-0.2, -0.15) is 0 Å². The van der Waals surface area contributed by atoms with Gasteiger partial charge in [0, 0.05) is 23.4 Å². The van der Waals surface area contributed by atoms with E-state index in [1.54, 1.807) is 29.2 Å². The zero-order valence-electron chi connectivity index (χ0n) is 13.2. The summed E-state index contributed by atoms with van der Waals surface area (Å²) in [6.45, 7) is 0.519. The first-order valence-electron chi connectivity index (χ1n) is 8.24. The van der Waals surface area contributed by atoms with Crippen LogP contribution in [0.2, 0.25) is 0 Å². The van der Waals surface area contributed by atoms with Crippen LogP contribution in [-0.2, 0) is 9.59 Å². The molecule has 0 aromatic heterocycles. The predicted octanol–water partition coefficient (Wildman–Crippen LogP) is 0.926. The van der Waals surface area contributed by atoms with Gasteiger partial charge in [0.05, 0.1) is 10.5 Å². The van der Waals surface area contributed by atoms with Crippen molar-refractivity contribution in [3.63, 3.8) is 0 Å². The molecule has 1 aliphatic carbocycles. The van der Waals surface area contributed by atoms with E-state index in [0.29, 0.717) is 29.0 Å². The first kappa shape index (κ1) is 14.9. The molecule has 5 rings (SSSR count). The summed E-state index contributed by atoms with van der Waals surface area (Å²) in [7, 11) is 0. The summed E-state index contributed by atoms with van der Waals surface area (Å²) in [6.07, 6.45) is 1.41. The molecule has 25 heavy (non-hydrogen) atoms. The van der Waals surface area contributed by atoms with E-state index < -0.39 is 11.6 Å². The van der Waals surface area contributed by atoms with Crippen molar-refractivity contribution in [3.8, 4) is 0 Å². The lowest BCUT2D eigenvalue weighted by molar-refractivity contribution is -0.149. The van der Waals surface area contributed by atoms with Crippen LogP contribution in [0.5, 0.6) is 0 Å². The van der Waals surface area contributed by atoms with E-state index in [-0.39, 0.29) is 34.7 Å². The third-order valence-corrected chi connectivity index (χ3v) is 6.71. The Hall–Kier alpha value is -2.41. The van der Waals surface area contributed by atoms with Gasteiger partial charge in [0.2, 0.25) is 11.7 Å². The average molecular weight is 354 g/mol. The number of Topliss-reactive ketones (excluding diaryl/α,β-unsaturated/α-hetero) is 2. The Morgan fingerprint density at radius 1 is 1.08 bits per heavy atom. The smallest absolute Gasteiger partial charge is 0.254 e. The Labute approximate surface area is 147 Å². The summed E-state index contributed by atoms with van der Waals surface area (Å²) in [5, 5.41) is 2.81. The third-order valence-electron chi connectivity index (χ3n) is 5.45. The van der Waals surface area contributed by atoms with E-state index in [1.807, 2.05) is 0 Å². The fourth-order valence-corrected chi connectivity index (χ4v) is 5.63. The first-order valence-corrected chi connectivity index (χ1v) is 9.22. The lowest BCUT2D eigenvalue weighted by atomic mass is 9.77. The summed E-state index contributed by atoms with van der Waals surface area (Å²) < 4.78 is 0. The van der Waals surface area contributed by atoms with Gasteiger partial charge in [0.25, 0.3) is 5.91 Å². The molecule has 4 aliphatic rings. The molecule has 7 heteroatoms. The Balaban J connectivity index is 1.68. The number of allylic oxidation sites excluding steroid dienone is 1. The largest absolute Gasteiger partial charge is 0.335 e. The fourth-order valence-electron chi connectivity index (χ4n) is 4.27. The molecule has 3 aliphatic heterocycles. The molecule has 126 valence electrons. The summed E-state index contributed by atoms with van der Waals surface area (Å²) in [5.74, 6) is -0.867. The molecule has 1 N–H and O–H groups in total. The minimum atomic E-state index is -1.40. The van der Waals surface area contributed by atoms with Crippen molar-refractivity contribution in [3.05, 3.63) is 45.9 Å². The van der Waals surface area contributed by atoms with Gasteiger partial charge >= 0.3 is 0 Å². The van der Waals surface area contributed by atoms with Crippen LogP contribution >= 0.6 is 11.8 Å². The molecule has 0 saturated carbocycles. The molecule has 0 radical (unpaired) electrons. The van der Waals surface area contributed by atoms with Gasteiger partial charge in [-0.25, -0.2) is 0 Å². The Morgan fingerprint density at radius 2 is 1.80 bits per heavy atom. The highest BCUT2D eigenvalue weighted by atomic mass is 32.2. The number of ketones is 2. The number of benzene rings is 1. The highest BCUT2D eigenvalue weighted by Crippen LogP contribution is 2.48. The molecule has 1 aromatic rings. The first-order chi connectivity index (χ1) is 12.0. The number of thioether (sulfide) groups is 1. The summed E-state index contributed by atoms with van der Waals surface area (Å²) in [5.41, 5.74) is -0.578. The number of nitrogens with zero attached hydrogens (tertiary/aromatic N) is 1. The van der Waals surface area contributed by atoms with E-state index in [0.717, 1.165) is 6.42 Å². The second-order valence-electron chi connectivity index (χ2n) is 6.75. The fraction of sp³-hybridized carbons (Fsp3) is 0.333. The third kappa shape index (κ3) is 1.71. The number of amides is 2. The molecular weight excluding hydrogens is 340 g/mol. The van der Waals surface area contributed by atoms with E-state index in [9.17, 15) is 19.2 Å². The number of rotatable bonds is 0. The number of piperazine rings is 1. The van der Waals surface area contributed by atoms with Gasteiger partial charge in [-0.1, -0.05) is 24.3 Å². The van der Waals surface area contributed by atoms with Crippen molar-refractivity contribution in [2.45, 2.75) is 24.4 Å². The summed E-state index contributed by atoms with van der Waals surface area (Å²) in [6, 6.07) is 6.19. The van der Waals surface area contributed by atoms with Gasteiger partial charge in [-0.05, 0) is 12.8 Å². The van der Waals surface area contributed by atoms with Crippen molar-refractivity contribution in [1.29, 1.82) is 0 Å². The Kier molecular flexibility index (Phi) is 2.87. The number of nitrogens with one attached hydrogen (secondary N) is 1. The van der Waals surface area contributed by atoms with Gasteiger partial charge in [0.15, 0.2) is 11.3 Å². The molecule has 0 bridgehead atoms. The second kappa shape index (κ2) is 4.82. The van der Waals surface area contributed by atoms with E-state index in [4.69, 9.17) is 0 Å². The number of carbonyl (C=O) groups is 4. The Morgan fingerprint density at radius 3 is 2.56 bits per heavy atom. The molecule has 2 saturated heterocycles. The van der Waals surface area contributed by atoms with Crippen LogP contribution in [0.25, 0.3) is 0 Å². The Bertz CT molecular complexity index is 921. The standard InChI is InChI=1S/C18H14N2O4S/c21-13-9-4-1-2-5-10(9)14(22)15-12(13)18(8-25-15)17(24)20-7-3-6-11(20)16(23)19-18/h1-2,4-5,11H,3,6-8H2,(H,19,23)/t11-,18+/m1/s1. The average Bonchev–Trinajstić information content (AvgIpc) is 3.24. The quantitative estimate of drug-likeness (QED) is 0.749. The maximum absolute atomic E-state index is 13.2. The van der Waals surface area contributed by atoms with Crippen LogP contribution in [0.15, 0.2) is 34.7 Å². The molecular formula is C18H14N2O4S. The van der Waals surface area contributed by atoms with Crippen LogP contribution < -0.4 is 5.32 Å². The minimum Gasteiger partial charge on any atom is -0.335 e. The zero-order chi connectivity index (χ0) is 17.3. The maximum Gasteiger partial charge on any atom is 0.254 e. The normalized spacial score (nSPS) is 30.6. The molecule has 2 atom stereocenters. The van der Waals surface area contributed by atoms with Crippen molar-refractivity contribution < 1.29 is 19.2 Å². The van der Waals surface area contributed by atoms with Crippen LogP contribution in [0.4, 0.5) is 0 Å². The number of fused-ring (bicyclic) bond motifs is 3. The van der Waals surface area contributed by atoms with Crippen LogP contribution in [-0.4, -0.2) is 52.2 Å². The zero-order valence-corrected chi connectivity index (χ0v) is 14.0. The van der Waals surface area contributed by atoms with Gasteiger partial charge in [0.1, 0.15) is 6.04 Å². The number of carbonyl (C=O) groups excluding carboxylic acids is 4. The molecule has 6 nitrogen and oxygen atoms in total. The van der Waals surface area contributed by atoms with Gasteiger partial charge in [-0.3, -0.25) is 19.2 Å². The molecule has 0 unspecified atom stereocenters. The molecule has 2 amide bonds. The highest BCUT2D eigenvalue weighted by Gasteiger charge is 2.60. The monoisotopic (exact) mass is 354 g/mol. The number of hydrogen-bond donors (Lipinski definition) is 1. The topological polar surface area (TPSA) is 83.6 Å². The number of hydrogen-bond acceptors (Lipinski definition) is 5. The van der Waals surface area contributed by atoms with Crippen LogP contribution in [0.1, 0.15) is 33.6 Å². The molecule has 1 spiro atoms. The summed E-state index contributed by atoms with van der Waals surface area (Å²) >= 11 is 1.19. The van der Waals surface area contributed by atoms with Gasteiger partial charge in [-0.15, -0.1) is 11.8 Å². The maximum atomic E-state index is 13.2. The van der Waals surface area contributed by atoms with E-state index in [2.05, 4.69) is 5.32 Å². The van der Waals surface area contributed by atoms with Gasteiger partial charge < -0.3 is 10.2 Å². The van der Waals surface area contributed by atoms with E-state index in [1.165, 1.54) is 11.8 Å². The predicted molar refractivity (Wildman–Crippen MR) is 90.2 cm³/mol. The second-order valence-corrected chi connectivity index (χ2v) is 7.73. The molecule has 3 heterocycles. The SMILES string of the molecule is O=C1C2=C(C(=O)c3ccccc31)[C@]1(CS2)NC(=O)[C@H]2CCCN2C1=O. The minimum absolute atomic E-state index is 0.157. The highest BCUT2D eigenvalue weighted by molar-refractivity contribution is 8.04. The van der Waals surface area contributed by atoms with Crippen LogP contribution in [0, 0.1) is 0 Å². The lowest BCUT2D eigenvalue weighted by Crippen LogP contribution is -2.70. The van der Waals surface area contributed by atoms with Crippen LogP contribution in [0.3, 0.4) is 0 Å². The van der Waals surface area contributed by atoms with Crippen molar-refractivity contribution in [2.24, 2.45) is 0 Å². The molecule has 1 aromatic carbocycles. The van der Waals surface area contributed by atoms with Crippen molar-refractivity contribution >= 4 is 35.1 Å². The summed E-state index contributed by atoms with van der Waals surface area (Å²) in [4.78, 5) is 53.6. The van der Waals surface area contributed by atoms with E-state index >= 15 is 0 Å². The van der Waals surface area contributed by atoms with Crippen molar-refractivity contribution in [1.82, 2.24) is 10.2 Å².